The first-order chi connectivity index (χ1) is 10.1. The van der Waals surface area contributed by atoms with Crippen molar-refractivity contribution in [1.29, 1.82) is 0 Å². The molecule has 0 aromatic heterocycles. The third kappa shape index (κ3) is 2.56. The summed E-state index contributed by atoms with van der Waals surface area (Å²) in [5, 5.41) is -0.942. The van der Waals surface area contributed by atoms with Crippen molar-refractivity contribution >= 4 is 16.2 Å². The number of hydrogen-bond donors (Lipinski definition) is 0. The fourth-order valence-corrected chi connectivity index (χ4v) is 3.85. The van der Waals surface area contributed by atoms with Crippen molar-refractivity contribution in [1.82, 2.24) is 0 Å². The van der Waals surface area contributed by atoms with E-state index < -0.39 is 21.3 Å². The molecule has 2 aromatic rings. The smallest absolute Gasteiger partial charge is 0.205 e. The molecule has 2 atom stereocenters. The second-order valence-electron chi connectivity index (χ2n) is 4.97. The summed E-state index contributed by atoms with van der Waals surface area (Å²) in [4.78, 5) is 4.29. The molecule has 1 heterocycles. The predicted octanol–water partition coefficient (Wildman–Crippen LogP) is 2.89. The maximum atomic E-state index is 12.7. The average Bonchev–Trinajstić information content (AvgIpc) is 2.99. The van der Waals surface area contributed by atoms with Crippen molar-refractivity contribution in [3.8, 4) is 0 Å². The fraction of sp³-hybridized carbons (Fsp3) is 0.188. The van der Waals surface area contributed by atoms with E-state index in [0.29, 0.717) is 0 Å². The van der Waals surface area contributed by atoms with E-state index in [9.17, 15) is 8.42 Å². The molecule has 1 aliphatic heterocycles. The Morgan fingerprint density at radius 1 is 1.00 bits per heavy atom. The number of aryl methyl sites for hydroxylation is 1. The van der Waals surface area contributed by atoms with Gasteiger partial charge < -0.3 is 4.74 Å². The zero-order valence-electron chi connectivity index (χ0n) is 11.5. The molecule has 108 valence electrons. The summed E-state index contributed by atoms with van der Waals surface area (Å²) in [6.45, 7) is 1.92. The van der Waals surface area contributed by atoms with E-state index in [1.165, 1.54) is 6.40 Å². The van der Waals surface area contributed by atoms with Crippen molar-refractivity contribution < 1.29 is 13.2 Å². The minimum atomic E-state index is -3.58. The van der Waals surface area contributed by atoms with Gasteiger partial charge in [0.05, 0.1) is 4.90 Å². The monoisotopic (exact) mass is 301 g/mol. The van der Waals surface area contributed by atoms with E-state index in [4.69, 9.17) is 4.74 Å². The van der Waals surface area contributed by atoms with Gasteiger partial charge in [0, 0.05) is 0 Å². The molecule has 0 amide bonds. The quantitative estimate of drug-likeness (QED) is 0.876. The summed E-state index contributed by atoms with van der Waals surface area (Å²) in [5.74, 6) is 0. The normalized spacial score (nSPS) is 21.2. The first kappa shape index (κ1) is 13.8. The Morgan fingerprint density at radius 3 is 2.33 bits per heavy atom. The van der Waals surface area contributed by atoms with Crippen LogP contribution in [0.2, 0.25) is 0 Å². The lowest BCUT2D eigenvalue weighted by atomic mass is 10.1. The maximum absolute atomic E-state index is 12.7. The lowest BCUT2D eigenvalue weighted by molar-refractivity contribution is 0.227. The summed E-state index contributed by atoms with van der Waals surface area (Å²) < 4.78 is 30.9. The molecule has 5 heteroatoms. The standard InChI is InChI=1S/C16H15NO3S/c1-12-7-9-14(10-8-12)21(18,19)16-15(20-11-17-16)13-5-3-2-4-6-13/h2-11,15-16H,1H3/t15-,16-/m0/s1. The number of hydrogen-bond acceptors (Lipinski definition) is 4. The Kier molecular flexibility index (Phi) is 3.51. The van der Waals surface area contributed by atoms with E-state index in [2.05, 4.69) is 4.99 Å². The topological polar surface area (TPSA) is 55.7 Å². The summed E-state index contributed by atoms with van der Waals surface area (Å²) in [7, 11) is -3.58. The molecule has 0 spiro atoms. The largest absolute Gasteiger partial charge is 0.472 e. The van der Waals surface area contributed by atoms with Gasteiger partial charge in [-0.05, 0) is 24.6 Å². The van der Waals surface area contributed by atoms with E-state index in [-0.39, 0.29) is 4.90 Å². The minimum Gasteiger partial charge on any atom is -0.472 e. The highest BCUT2D eigenvalue weighted by molar-refractivity contribution is 7.92. The van der Waals surface area contributed by atoms with Crippen LogP contribution in [0.1, 0.15) is 17.2 Å². The highest BCUT2D eigenvalue weighted by atomic mass is 32.2. The third-order valence-electron chi connectivity index (χ3n) is 3.47. The molecule has 4 nitrogen and oxygen atoms in total. The molecule has 21 heavy (non-hydrogen) atoms. The lowest BCUT2D eigenvalue weighted by Crippen LogP contribution is -2.24. The second-order valence-corrected chi connectivity index (χ2v) is 7.01. The molecule has 0 N–H and O–H groups in total. The Balaban J connectivity index is 1.98. The van der Waals surface area contributed by atoms with Crippen LogP contribution >= 0.6 is 0 Å². The first-order valence-electron chi connectivity index (χ1n) is 6.62. The first-order valence-corrected chi connectivity index (χ1v) is 8.16. The van der Waals surface area contributed by atoms with Gasteiger partial charge in [-0.3, -0.25) is 0 Å². The molecule has 1 aliphatic rings. The lowest BCUT2D eigenvalue weighted by Gasteiger charge is -2.18. The molecule has 0 fully saturated rings. The van der Waals surface area contributed by atoms with Crippen LogP contribution in [0.25, 0.3) is 0 Å². The van der Waals surface area contributed by atoms with Crippen LogP contribution in [-0.4, -0.2) is 20.2 Å². The average molecular weight is 301 g/mol. The van der Waals surface area contributed by atoms with Gasteiger partial charge in [-0.15, -0.1) is 0 Å². The van der Waals surface area contributed by atoms with Crippen molar-refractivity contribution in [3.63, 3.8) is 0 Å². The zero-order chi connectivity index (χ0) is 14.9. The van der Waals surface area contributed by atoms with Gasteiger partial charge in [0.2, 0.25) is 9.84 Å². The van der Waals surface area contributed by atoms with Gasteiger partial charge >= 0.3 is 0 Å². The van der Waals surface area contributed by atoms with Crippen LogP contribution in [-0.2, 0) is 14.6 Å². The number of sulfone groups is 1. The van der Waals surface area contributed by atoms with Crippen LogP contribution < -0.4 is 0 Å². The predicted molar refractivity (Wildman–Crippen MR) is 80.9 cm³/mol. The second kappa shape index (κ2) is 5.33. The molecule has 0 bridgehead atoms. The highest BCUT2D eigenvalue weighted by Gasteiger charge is 2.39. The molecule has 0 unspecified atom stereocenters. The van der Waals surface area contributed by atoms with E-state index >= 15 is 0 Å². The Labute approximate surface area is 124 Å². The molecular formula is C16H15NO3S. The van der Waals surface area contributed by atoms with Crippen molar-refractivity contribution in [2.75, 3.05) is 0 Å². The van der Waals surface area contributed by atoms with Crippen LogP contribution in [0.4, 0.5) is 0 Å². The van der Waals surface area contributed by atoms with Gasteiger partial charge in [-0.25, -0.2) is 13.4 Å². The molecule has 0 radical (unpaired) electrons. The fourth-order valence-electron chi connectivity index (χ4n) is 2.30. The van der Waals surface area contributed by atoms with Gasteiger partial charge in [0.15, 0.2) is 17.9 Å². The number of benzene rings is 2. The van der Waals surface area contributed by atoms with Crippen LogP contribution in [0.3, 0.4) is 0 Å². The minimum absolute atomic E-state index is 0.265. The van der Waals surface area contributed by atoms with Gasteiger partial charge in [-0.2, -0.15) is 0 Å². The van der Waals surface area contributed by atoms with Gasteiger partial charge in [0.1, 0.15) is 0 Å². The summed E-state index contributed by atoms with van der Waals surface area (Å²) >= 11 is 0. The Morgan fingerprint density at radius 2 is 1.67 bits per heavy atom. The Bertz CT molecular complexity index is 752. The molecule has 3 rings (SSSR count). The maximum Gasteiger partial charge on any atom is 0.205 e. The highest BCUT2D eigenvalue weighted by Crippen LogP contribution is 2.33. The van der Waals surface area contributed by atoms with Crippen molar-refractivity contribution in [2.45, 2.75) is 23.3 Å². The van der Waals surface area contributed by atoms with E-state index in [0.717, 1.165) is 11.1 Å². The van der Waals surface area contributed by atoms with E-state index in [1.54, 1.807) is 24.3 Å². The zero-order valence-corrected chi connectivity index (χ0v) is 12.3. The summed E-state index contributed by atoms with van der Waals surface area (Å²) in [5.41, 5.74) is 1.82. The van der Waals surface area contributed by atoms with Crippen LogP contribution in [0, 0.1) is 6.92 Å². The third-order valence-corrected chi connectivity index (χ3v) is 5.40. The van der Waals surface area contributed by atoms with Gasteiger partial charge in [0.25, 0.3) is 0 Å². The molecule has 2 aromatic carbocycles. The summed E-state index contributed by atoms with van der Waals surface area (Å²) in [6, 6.07) is 16.1. The number of ether oxygens (including phenoxy) is 1. The number of rotatable bonds is 3. The van der Waals surface area contributed by atoms with Crippen molar-refractivity contribution in [3.05, 3.63) is 65.7 Å². The number of nitrogens with zero attached hydrogens (tertiary/aromatic N) is 1. The van der Waals surface area contributed by atoms with E-state index in [1.807, 2.05) is 37.3 Å². The molecule has 0 saturated carbocycles. The van der Waals surface area contributed by atoms with Crippen molar-refractivity contribution in [2.24, 2.45) is 4.99 Å². The molecule has 0 aliphatic carbocycles. The number of aliphatic imine (C=N–C) groups is 1. The summed E-state index contributed by atoms with van der Waals surface area (Å²) in [6.07, 6.45) is 0.631. The Hall–Kier alpha value is -2.14. The SMILES string of the molecule is Cc1ccc(S(=O)(=O)[C@@H]2N=CO[C@H]2c2ccccc2)cc1. The van der Waals surface area contributed by atoms with Crippen LogP contribution in [0.15, 0.2) is 64.5 Å². The molecular weight excluding hydrogens is 286 g/mol. The molecule has 0 saturated heterocycles. The van der Waals surface area contributed by atoms with Gasteiger partial charge in [-0.1, -0.05) is 48.0 Å². The van der Waals surface area contributed by atoms with Crippen LogP contribution in [0.5, 0.6) is 0 Å².